The Kier molecular flexibility index (Phi) is 7.28. The minimum Gasteiger partial charge on any atom is -0.493 e. The molecule has 6 heteroatoms. The maximum absolute atomic E-state index is 12.4. The highest BCUT2D eigenvalue weighted by atomic mass is 16.5. The lowest BCUT2D eigenvalue weighted by Crippen LogP contribution is -2.54. The van der Waals surface area contributed by atoms with E-state index < -0.39 is 5.54 Å². The summed E-state index contributed by atoms with van der Waals surface area (Å²) in [6.07, 6.45) is 5.38. The summed E-state index contributed by atoms with van der Waals surface area (Å²) in [5.74, 6) is 1.29. The van der Waals surface area contributed by atoms with Gasteiger partial charge in [-0.25, -0.2) is 0 Å². The molecule has 1 aromatic carbocycles. The van der Waals surface area contributed by atoms with Crippen molar-refractivity contribution in [2.75, 3.05) is 20.8 Å². The average Bonchev–Trinajstić information content (AvgIpc) is 2.68. The Morgan fingerprint density at radius 3 is 2.54 bits per heavy atom. The first-order valence-corrected chi connectivity index (χ1v) is 9.21. The molecule has 0 bridgehead atoms. The Morgan fingerprint density at radius 1 is 1.23 bits per heavy atom. The van der Waals surface area contributed by atoms with E-state index in [4.69, 9.17) is 9.47 Å². The van der Waals surface area contributed by atoms with Crippen LogP contribution in [0, 0.1) is 11.3 Å². The Balaban J connectivity index is 1.83. The molecule has 2 N–H and O–H groups in total. The zero-order valence-electron chi connectivity index (χ0n) is 15.9. The molecule has 1 fully saturated rings. The summed E-state index contributed by atoms with van der Waals surface area (Å²) in [6.45, 7) is 2.49. The number of ether oxygens (including phenoxy) is 2. The molecule has 1 aliphatic rings. The standard InChI is InChI=1S/C20H29N3O3/c1-15(19(24)23-20(14-21)10-5-4-6-11-20)22-12-9-16-7-8-17(25-2)18(13-16)26-3/h7-8,13,15,22H,4-6,9-12H2,1-3H3,(H,23,24)/t15-/m1/s1. The quantitative estimate of drug-likeness (QED) is 0.745. The van der Waals surface area contributed by atoms with Gasteiger partial charge in [0.1, 0.15) is 5.54 Å². The lowest BCUT2D eigenvalue weighted by Gasteiger charge is -2.32. The molecule has 1 aliphatic carbocycles. The topological polar surface area (TPSA) is 83.4 Å². The molecule has 0 aromatic heterocycles. The van der Waals surface area contributed by atoms with Gasteiger partial charge in [-0.2, -0.15) is 5.26 Å². The summed E-state index contributed by atoms with van der Waals surface area (Å²) in [6, 6.07) is 7.79. The number of nitrogens with one attached hydrogen (secondary N) is 2. The van der Waals surface area contributed by atoms with Crippen LogP contribution < -0.4 is 20.1 Å². The highest BCUT2D eigenvalue weighted by Gasteiger charge is 2.34. The number of hydrogen-bond donors (Lipinski definition) is 2. The number of nitriles is 1. The third kappa shape index (κ3) is 5.12. The van der Waals surface area contributed by atoms with Crippen molar-refractivity contribution in [2.45, 2.75) is 57.0 Å². The van der Waals surface area contributed by atoms with Crippen molar-refractivity contribution in [1.29, 1.82) is 5.26 Å². The summed E-state index contributed by atoms with van der Waals surface area (Å²) >= 11 is 0. The number of nitrogens with zero attached hydrogens (tertiary/aromatic N) is 1. The fraction of sp³-hybridized carbons (Fsp3) is 0.600. The summed E-state index contributed by atoms with van der Waals surface area (Å²) in [4.78, 5) is 12.4. The van der Waals surface area contributed by atoms with Gasteiger partial charge in [-0.1, -0.05) is 25.3 Å². The molecule has 1 amide bonds. The van der Waals surface area contributed by atoms with Crippen molar-refractivity contribution in [1.82, 2.24) is 10.6 Å². The van der Waals surface area contributed by atoms with Crippen molar-refractivity contribution in [3.8, 4) is 17.6 Å². The van der Waals surface area contributed by atoms with E-state index in [0.29, 0.717) is 18.0 Å². The third-order valence-electron chi connectivity index (χ3n) is 4.99. The number of rotatable bonds is 8. The minimum absolute atomic E-state index is 0.110. The Bertz CT molecular complexity index is 648. The SMILES string of the molecule is COc1ccc(CCN[C@H](C)C(=O)NC2(C#N)CCCCC2)cc1OC. The summed E-state index contributed by atoms with van der Waals surface area (Å²) in [5.41, 5.74) is 0.415. The first-order chi connectivity index (χ1) is 12.5. The van der Waals surface area contributed by atoms with Crippen molar-refractivity contribution in [3.05, 3.63) is 23.8 Å². The zero-order chi connectivity index (χ0) is 19.0. The first-order valence-electron chi connectivity index (χ1n) is 9.21. The molecule has 0 heterocycles. The predicted molar refractivity (Wildman–Crippen MR) is 100 cm³/mol. The maximum Gasteiger partial charge on any atom is 0.238 e. The maximum atomic E-state index is 12.4. The molecule has 1 aromatic rings. The van der Waals surface area contributed by atoms with Gasteiger partial charge in [0.15, 0.2) is 11.5 Å². The molecule has 2 rings (SSSR count). The Labute approximate surface area is 155 Å². The van der Waals surface area contributed by atoms with Gasteiger partial charge in [-0.3, -0.25) is 4.79 Å². The monoisotopic (exact) mass is 359 g/mol. The highest BCUT2D eigenvalue weighted by Crippen LogP contribution is 2.28. The lowest BCUT2D eigenvalue weighted by molar-refractivity contribution is -0.124. The van der Waals surface area contributed by atoms with E-state index in [9.17, 15) is 10.1 Å². The predicted octanol–water partition coefficient (Wildman–Crippen LogP) is 2.57. The smallest absolute Gasteiger partial charge is 0.238 e. The third-order valence-corrected chi connectivity index (χ3v) is 4.99. The van der Waals surface area contributed by atoms with Crippen LogP contribution in [0.25, 0.3) is 0 Å². The second-order valence-corrected chi connectivity index (χ2v) is 6.86. The van der Waals surface area contributed by atoms with Gasteiger partial charge >= 0.3 is 0 Å². The van der Waals surface area contributed by atoms with E-state index in [-0.39, 0.29) is 11.9 Å². The number of methoxy groups -OCH3 is 2. The van der Waals surface area contributed by atoms with Gasteiger partial charge in [0.25, 0.3) is 0 Å². The second-order valence-electron chi connectivity index (χ2n) is 6.86. The fourth-order valence-electron chi connectivity index (χ4n) is 3.33. The summed E-state index contributed by atoms with van der Waals surface area (Å²) < 4.78 is 10.5. The van der Waals surface area contributed by atoms with E-state index in [2.05, 4.69) is 16.7 Å². The van der Waals surface area contributed by atoms with Crippen molar-refractivity contribution < 1.29 is 14.3 Å². The largest absolute Gasteiger partial charge is 0.493 e. The van der Waals surface area contributed by atoms with E-state index in [1.807, 2.05) is 25.1 Å². The van der Waals surface area contributed by atoms with Crippen LogP contribution in [0.3, 0.4) is 0 Å². The lowest BCUT2D eigenvalue weighted by atomic mass is 9.82. The molecule has 26 heavy (non-hydrogen) atoms. The molecular formula is C20H29N3O3. The van der Waals surface area contributed by atoms with Crippen LogP contribution in [-0.2, 0) is 11.2 Å². The van der Waals surface area contributed by atoms with Crippen LogP contribution in [0.15, 0.2) is 18.2 Å². The van der Waals surface area contributed by atoms with Crippen molar-refractivity contribution in [3.63, 3.8) is 0 Å². The number of carbonyl (C=O) groups excluding carboxylic acids is 1. The van der Waals surface area contributed by atoms with Crippen molar-refractivity contribution >= 4 is 5.91 Å². The van der Waals surface area contributed by atoms with Gasteiger partial charge in [-0.05, 0) is 50.4 Å². The van der Waals surface area contributed by atoms with Crippen LogP contribution in [-0.4, -0.2) is 38.3 Å². The average molecular weight is 359 g/mol. The summed E-state index contributed by atoms with van der Waals surface area (Å²) in [7, 11) is 3.22. The Morgan fingerprint density at radius 2 is 1.92 bits per heavy atom. The molecule has 1 saturated carbocycles. The second kappa shape index (κ2) is 9.44. The van der Waals surface area contributed by atoms with Crippen LogP contribution in [0.4, 0.5) is 0 Å². The molecule has 0 unspecified atom stereocenters. The molecule has 6 nitrogen and oxygen atoms in total. The van der Waals surface area contributed by atoms with Crippen LogP contribution in [0.1, 0.15) is 44.6 Å². The van der Waals surface area contributed by atoms with E-state index in [1.165, 1.54) is 0 Å². The highest BCUT2D eigenvalue weighted by molar-refractivity contribution is 5.82. The van der Waals surface area contributed by atoms with Crippen molar-refractivity contribution in [2.24, 2.45) is 0 Å². The van der Waals surface area contributed by atoms with Crippen LogP contribution in [0.5, 0.6) is 11.5 Å². The number of carbonyl (C=O) groups is 1. The van der Waals surface area contributed by atoms with Gasteiger partial charge < -0.3 is 20.1 Å². The molecule has 0 aliphatic heterocycles. The number of hydrogen-bond acceptors (Lipinski definition) is 5. The van der Waals surface area contributed by atoms with E-state index >= 15 is 0 Å². The minimum atomic E-state index is -0.686. The Hall–Kier alpha value is -2.26. The summed E-state index contributed by atoms with van der Waals surface area (Å²) in [5, 5.41) is 15.7. The molecule has 0 radical (unpaired) electrons. The fourth-order valence-corrected chi connectivity index (χ4v) is 3.33. The molecule has 142 valence electrons. The molecule has 1 atom stereocenters. The number of benzene rings is 1. The first kappa shape index (κ1) is 20.1. The van der Waals surface area contributed by atoms with Crippen LogP contribution >= 0.6 is 0 Å². The molecule has 0 spiro atoms. The zero-order valence-corrected chi connectivity index (χ0v) is 15.9. The normalized spacial score (nSPS) is 17.0. The van der Waals surface area contributed by atoms with Gasteiger partial charge in [0, 0.05) is 0 Å². The molecular weight excluding hydrogens is 330 g/mol. The van der Waals surface area contributed by atoms with E-state index in [1.54, 1.807) is 14.2 Å². The van der Waals surface area contributed by atoms with E-state index in [0.717, 1.165) is 44.1 Å². The molecule has 0 saturated heterocycles. The van der Waals surface area contributed by atoms with Crippen LogP contribution in [0.2, 0.25) is 0 Å². The number of amides is 1. The van der Waals surface area contributed by atoms with Gasteiger partial charge in [0.2, 0.25) is 5.91 Å². The van der Waals surface area contributed by atoms with Gasteiger partial charge in [0.05, 0.1) is 26.3 Å². The van der Waals surface area contributed by atoms with Gasteiger partial charge in [-0.15, -0.1) is 0 Å².